The fourth-order valence-electron chi connectivity index (χ4n) is 3.27. The SMILES string of the molecule is CCOc1cc2c(cc1/C=C/C(=O)OCC(=O)Nc1cc(C)ccc1C)O[C@@H](C)C2. The van der Waals surface area contributed by atoms with Crippen LogP contribution >= 0.6 is 0 Å². The van der Waals surface area contributed by atoms with Crippen molar-refractivity contribution in [2.45, 2.75) is 40.2 Å². The number of carbonyl (C=O) groups is 2. The summed E-state index contributed by atoms with van der Waals surface area (Å²) in [5, 5.41) is 2.76. The van der Waals surface area contributed by atoms with Crippen molar-refractivity contribution in [2.75, 3.05) is 18.5 Å². The number of aryl methyl sites for hydroxylation is 2. The molecule has 1 N–H and O–H groups in total. The summed E-state index contributed by atoms with van der Waals surface area (Å²) in [5.74, 6) is 0.487. The number of carbonyl (C=O) groups excluding carboxylic acids is 2. The average Bonchev–Trinajstić information content (AvgIpc) is 3.06. The second-order valence-corrected chi connectivity index (χ2v) is 7.37. The Morgan fingerprint density at radius 3 is 2.80 bits per heavy atom. The first kappa shape index (κ1) is 21.4. The van der Waals surface area contributed by atoms with Crippen LogP contribution in [0.4, 0.5) is 5.69 Å². The van der Waals surface area contributed by atoms with Crippen LogP contribution < -0.4 is 14.8 Å². The summed E-state index contributed by atoms with van der Waals surface area (Å²) < 4.78 is 16.5. The molecule has 0 aromatic heterocycles. The lowest BCUT2D eigenvalue weighted by Gasteiger charge is -2.10. The molecule has 0 bridgehead atoms. The number of esters is 1. The predicted molar refractivity (Wildman–Crippen MR) is 116 cm³/mol. The lowest BCUT2D eigenvalue weighted by Crippen LogP contribution is -2.20. The van der Waals surface area contributed by atoms with E-state index in [1.165, 1.54) is 6.08 Å². The molecule has 0 radical (unpaired) electrons. The molecule has 0 saturated carbocycles. The average molecular weight is 409 g/mol. The highest BCUT2D eigenvalue weighted by Crippen LogP contribution is 2.35. The lowest BCUT2D eigenvalue weighted by atomic mass is 10.1. The van der Waals surface area contributed by atoms with Gasteiger partial charge in [0.15, 0.2) is 6.61 Å². The molecule has 1 heterocycles. The Morgan fingerprint density at radius 1 is 1.23 bits per heavy atom. The van der Waals surface area contributed by atoms with Crippen molar-refractivity contribution >= 4 is 23.6 Å². The number of hydrogen-bond acceptors (Lipinski definition) is 5. The van der Waals surface area contributed by atoms with Gasteiger partial charge in [-0.3, -0.25) is 4.79 Å². The van der Waals surface area contributed by atoms with Crippen LogP contribution in [0.25, 0.3) is 6.08 Å². The minimum absolute atomic E-state index is 0.120. The van der Waals surface area contributed by atoms with Gasteiger partial charge in [-0.15, -0.1) is 0 Å². The van der Waals surface area contributed by atoms with Gasteiger partial charge < -0.3 is 19.5 Å². The van der Waals surface area contributed by atoms with Gasteiger partial charge in [0.1, 0.15) is 17.6 Å². The van der Waals surface area contributed by atoms with Crippen LogP contribution in [0, 0.1) is 13.8 Å². The van der Waals surface area contributed by atoms with Crippen LogP contribution in [0.15, 0.2) is 36.4 Å². The highest BCUT2D eigenvalue weighted by Gasteiger charge is 2.21. The minimum Gasteiger partial charge on any atom is -0.493 e. The first-order valence-electron chi connectivity index (χ1n) is 10.0. The summed E-state index contributed by atoms with van der Waals surface area (Å²) in [4.78, 5) is 24.2. The first-order chi connectivity index (χ1) is 14.4. The number of nitrogens with one attached hydrogen (secondary N) is 1. The summed E-state index contributed by atoms with van der Waals surface area (Å²) in [7, 11) is 0. The van der Waals surface area contributed by atoms with E-state index in [2.05, 4.69) is 5.32 Å². The van der Waals surface area contributed by atoms with Crippen LogP contribution in [0.1, 0.15) is 36.1 Å². The van der Waals surface area contributed by atoms with Gasteiger partial charge in [0.2, 0.25) is 0 Å². The van der Waals surface area contributed by atoms with Crippen molar-refractivity contribution in [1.29, 1.82) is 0 Å². The van der Waals surface area contributed by atoms with Crippen molar-refractivity contribution in [3.05, 3.63) is 58.7 Å². The fourth-order valence-corrected chi connectivity index (χ4v) is 3.27. The van der Waals surface area contributed by atoms with E-state index in [1.807, 2.05) is 58.0 Å². The Morgan fingerprint density at radius 2 is 2.03 bits per heavy atom. The zero-order valence-electron chi connectivity index (χ0n) is 17.8. The van der Waals surface area contributed by atoms with Gasteiger partial charge in [-0.25, -0.2) is 4.79 Å². The van der Waals surface area contributed by atoms with Gasteiger partial charge in [0, 0.05) is 29.3 Å². The van der Waals surface area contributed by atoms with Crippen LogP contribution in [0.3, 0.4) is 0 Å². The maximum atomic E-state index is 12.1. The molecule has 0 fully saturated rings. The topological polar surface area (TPSA) is 73.9 Å². The number of benzene rings is 2. The van der Waals surface area contributed by atoms with Crippen molar-refractivity contribution in [2.24, 2.45) is 0 Å². The summed E-state index contributed by atoms with van der Waals surface area (Å²) in [6.07, 6.45) is 3.85. The van der Waals surface area contributed by atoms with E-state index in [-0.39, 0.29) is 18.6 Å². The molecule has 158 valence electrons. The van der Waals surface area contributed by atoms with Gasteiger partial charge >= 0.3 is 5.97 Å². The molecule has 0 aliphatic carbocycles. The third-order valence-electron chi connectivity index (χ3n) is 4.74. The van der Waals surface area contributed by atoms with E-state index in [0.29, 0.717) is 18.0 Å². The Balaban J connectivity index is 1.60. The van der Waals surface area contributed by atoms with Crippen LogP contribution in [-0.2, 0) is 20.7 Å². The van der Waals surface area contributed by atoms with Crippen molar-refractivity contribution in [3.63, 3.8) is 0 Å². The van der Waals surface area contributed by atoms with E-state index in [0.717, 1.165) is 34.4 Å². The molecule has 1 aliphatic heterocycles. The Kier molecular flexibility index (Phi) is 6.77. The monoisotopic (exact) mass is 409 g/mol. The van der Waals surface area contributed by atoms with Crippen molar-refractivity contribution in [1.82, 2.24) is 0 Å². The molecule has 1 aliphatic rings. The Hall–Kier alpha value is -3.28. The molecule has 6 nitrogen and oxygen atoms in total. The molecular formula is C24H27NO5. The van der Waals surface area contributed by atoms with Gasteiger partial charge in [0.25, 0.3) is 5.91 Å². The van der Waals surface area contributed by atoms with Crippen molar-refractivity contribution in [3.8, 4) is 11.5 Å². The normalized spacial score (nSPS) is 14.9. The Labute approximate surface area is 176 Å². The molecule has 1 amide bonds. The lowest BCUT2D eigenvalue weighted by molar-refractivity contribution is -0.142. The number of fused-ring (bicyclic) bond motifs is 1. The standard InChI is InChI=1S/C24H27NO5/c1-5-28-21-13-19-11-17(4)30-22(19)12-18(21)8-9-24(27)29-14-23(26)25-20-10-15(2)6-7-16(20)3/h6-10,12-13,17H,5,11,14H2,1-4H3,(H,25,26)/b9-8+/t17-/m0/s1. The first-order valence-corrected chi connectivity index (χ1v) is 10.0. The molecule has 0 unspecified atom stereocenters. The molecule has 2 aromatic carbocycles. The summed E-state index contributed by atoms with van der Waals surface area (Å²) >= 11 is 0. The van der Waals surface area contributed by atoms with Gasteiger partial charge in [0.05, 0.1) is 6.61 Å². The molecule has 0 spiro atoms. The van der Waals surface area contributed by atoms with Gasteiger partial charge in [-0.1, -0.05) is 12.1 Å². The second-order valence-electron chi connectivity index (χ2n) is 7.37. The van der Waals surface area contributed by atoms with Gasteiger partial charge in [-0.05, 0) is 63.1 Å². The van der Waals surface area contributed by atoms with E-state index in [1.54, 1.807) is 6.08 Å². The summed E-state index contributed by atoms with van der Waals surface area (Å²) in [5.41, 5.74) is 4.50. The van der Waals surface area contributed by atoms with E-state index >= 15 is 0 Å². The Bertz CT molecular complexity index is 980. The predicted octanol–water partition coefficient (Wildman–Crippen LogP) is 4.22. The maximum Gasteiger partial charge on any atom is 0.331 e. The number of rotatable bonds is 7. The number of amides is 1. The molecular weight excluding hydrogens is 382 g/mol. The van der Waals surface area contributed by atoms with E-state index < -0.39 is 5.97 Å². The molecule has 0 saturated heterocycles. The summed E-state index contributed by atoms with van der Waals surface area (Å²) in [6, 6.07) is 9.58. The zero-order chi connectivity index (χ0) is 21.7. The molecule has 3 rings (SSSR count). The molecule has 30 heavy (non-hydrogen) atoms. The molecule has 6 heteroatoms. The fraction of sp³-hybridized carbons (Fsp3) is 0.333. The number of hydrogen-bond donors (Lipinski definition) is 1. The summed E-state index contributed by atoms with van der Waals surface area (Å²) in [6.45, 7) is 7.92. The van der Waals surface area contributed by atoms with E-state index in [9.17, 15) is 9.59 Å². The smallest absolute Gasteiger partial charge is 0.331 e. The molecule has 2 aromatic rings. The minimum atomic E-state index is -0.608. The maximum absolute atomic E-state index is 12.1. The third kappa shape index (κ3) is 5.41. The van der Waals surface area contributed by atoms with Crippen LogP contribution in [0.2, 0.25) is 0 Å². The highest BCUT2D eigenvalue weighted by atomic mass is 16.5. The third-order valence-corrected chi connectivity index (χ3v) is 4.74. The van der Waals surface area contributed by atoms with Crippen LogP contribution in [-0.4, -0.2) is 31.2 Å². The zero-order valence-corrected chi connectivity index (χ0v) is 17.8. The number of ether oxygens (including phenoxy) is 3. The van der Waals surface area contributed by atoms with Gasteiger partial charge in [-0.2, -0.15) is 0 Å². The van der Waals surface area contributed by atoms with E-state index in [4.69, 9.17) is 14.2 Å². The van der Waals surface area contributed by atoms with Crippen LogP contribution in [0.5, 0.6) is 11.5 Å². The quantitative estimate of drug-likeness (QED) is 0.547. The largest absolute Gasteiger partial charge is 0.493 e. The molecule has 1 atom stereocenters. The second kappa shape index (κ2) is 9.48. The van der Waals surface area contributed by atoms with Crippen molar-refractivity contribution < 1.29 is 23.8 Å². The highest BCUT2D eigenvalue weighted by molar-refractivity contribution is 5.95. The number of anilines is 1.